The van der Waals surface area contributed by atoms with Crippen molar-refractivity contribution in [3.05, 3.63) is 0 Å². The maximum absolute atomic E-state index is 9.99. The first-order valence-electron chi connectivity index (χ1n) is 2.25. The van der Waals surface area contributed by atoms with Crippen LogP contribution in [0.15, 0.2) is 0 Å². The van der Waals surface area contributed by atoms with Crippen LogP contribution in [0, 0.1) is 0 Å². The van der Waals surface area contributed by atoms with Gasteiger partial charge in [-0.1, -0.05) is 0 Å². The van der Waals surface area contributed by atoms with E-state index in [2.05, 4.69) is 3.53 Å². The van der Waals surface area contributed by atoms with Gasteiger partial charge in [-0.15, -0.1) is 0 Å². The fourth-order valence-electron chi connectivity index (χ4n) is 0.168. The summed E-state index contributed by atoms with van der Waals surface area (Å²) in [6.45, 7) is 1.90. The largest absolute Gasteiger partial charge is 0.332 e. The molecule has 1 amide bonds. The number of amides is 1. The first-order valence-corrected chi connectivity index (χ1v) is 3.33. The van der Waals surface area contributed by atoms with Crippen LogP contribution in [0.1, 0.15) is 6.92 Å². The molecule has 3 nitrogen and oxygen atoms in total. The molecule has 8 heavy (non-hydrogen) atoms. The van der Waals surface area contributed by atoms with Gasteiger partial charge in [0.2, 0.25) is 6.41 Å². The van der Waals surface area contributed by atoms with E-state index >= 15 is 0 Å². The van der Waals surface area contributed by atoms with Gasteiger partial charge >= 0.3 is 0 Å². The van der Waals surface area contributed by atoms with Crippen molar-refractivity contribution in [1.82, 2.24) is 8.43 Å². The number of nitrogens with one attached hydrogen (secondary N) is 1. The molecule has 0 aliphatic heterocycles. The van der Waals surface area contributed by atoms with E-state index in [9.17, 15) is 4.79 Å². The zero-order chi connectivity index (χ0) is 6.57. The molecule has 0 saturated heterocycles. The van der Waals surface area contributed by atoms with E-state index in [1.807, 2.05) is 29.8 Å². The zero-order valence-corrected chi connectivity index (χ0v) is 7.05. The van der Waals surface area contributed by atoms with E-state index in [4.69, 9.17) is 0 Å². The minimum absolute atomic E-state index is 0.119. The average Bonchev–Trinajstić information content (AvgIpc) is 1.84. The third-order valence-electron chi connectivity index (χ3n) is 0.935. The minimum Gasteiger partial charge on any atom is -0.332 e. The van der Waals surface area contributed by atoms with E-state index in [1.165, 1.54) is 0 Å². The minimum atomic E-state index is 0.119. The number of carbonyl (C=O) groups excluding carboxylic acids is 1. The molecule has 0 radical (unpaired) electrons. The van der Waals surface area contributed by atoms with Crippen LogP contribution in [0.2, 0.25) is 0 Å². The monoisotopic (exact) mass is 228 g/mol. The smallest absolute Gasteiger partial charge is 0.210 e. The highest BCUT2D eigenvalue weighted by molar-refractivity contribution is 14.1. The second kappa shape index (κ2) is 4.08. The van der Waals surface area contributed by atoms with Gasteiger partial charge in [0, 0.05) is 29.9 Å². The Balaban J connectivity index is 3.44. The lowest BCUT2D eigenvalue weighted by Gasteiger charge is -2.17. The summed E-state index contributed by atoms with van der Waals surface area (Å²) < 4.78 is 2.88. The van der Waals surface area contributed by atoms with Crippen LogP contribution in [0.5, 0.6) is 0 Å². The van der Waals surface area contributed by atoms with E-state index < -0.39 is 0 Å². The SMILES string of the molecule is CC(NI)N(C)C=O. The highest BCUT2D eigenvalue weighted by Crippen LogP contribution is 1.87. The van der Waals surface area contributed by atoms with Crippen LogP contribution in [0.3, 0.4) is 0 Å². The summed E-state index contributed by atoms with van der Waals surface area (Å²) in [6, 6.07) is 0. The molecular formula is C4H9IN2O. The molecule has 1 N–H and O–H groups in total. The normalized spacial score (nSPS) is 12.9. The molecule has 0 spiro atoms. The Kier molecular flexibility index (Phi) is 4.16. The van der Waals surface area contributed by atoms with Gasteiger partial charge in [-0.05, 0) is 6.92 Å². The van der Waals surface area contributed by atoms with Crippen molar-refractivity contribution in [2.45, 2.75) is 13.1 Å². The Morgan fingerprint density at radius 2 is 2.38 bits per heavy atom. The van der Waals surface area contributed by atoms with Gasteiger partial charge in [0.15, 0.2) is 0 Å². The van der Waals surface area contributed by atoms with Crippen LogP contribution in [0.25, 0.3) is 0 Å². The third-order valence-corrected chi connectivity index (χ3v) is 1.84. The lowest BCUT2D eigenvalue weighted by Crippen LogP contribution is -2.34. The Bertz CT molecular complexity index is 78.4. The molecular weight excluding hydrogens is 219 g/mol. The molecule has 48 valence electrons. The van der Waals surface area contributed by atoms with Crippen LogP contribution in [0.4, 0.5) is 0 Å². The van der Waals surface area contributed by atoms with Gasteiger partial charge in [0.05, 0.1) is 6.17 Å². The summed E-state index contributed by atoms with van der Waals surface area (Å²) in [7, 11) is 1.73. The number of hydrogen-bond acceptors (Lipinski definition) is 2. The number of halogens is 1. The molecule has 1 unspecified atom stereocenters. The molecule has 0 rings (SSSR count). The zero-order valence-electron chi connectivity index (χ0n) is 4.89. The van der Waals surface area contributed by atoms with E-state index in [-0.39, 0.29) is 6.17 Å². The highest BCUT2D eigenvalue weighted by Gasteiger charge is 2.00. The molecule has 0 aromatic rings. The molecule has 0 fully saturated rings. The average molecular weight is 228 g/mol. The highest BCUT2D eigenvalue weighted by atomic mass is 127. The molecule has 0 aromatic carbocycles. The standard InChI is InChI=1S/C4H9IN2O/c1-4(6-5)7(2)3-8/h3-4,6H,1-2H3. The van der Waals surface area contributed by atoms with Crippen molar-refractivity contribution in [3.63, 3.8) is 0 Å². The van der Waals surface area contributed by atoms with Crippen molar-refractivity contribution in [1.29, 1.82) is 0 Å². The van der Waals surface area contributed by atoms with Crippen LogP contribution in [-0.2, 0) is 4.79 Å². The van der Waals surface area contributed by atoms with Crippen molar-refractivity contribution in [3.8, 4) is 0 Å². The van der Waals surface area contributed by atoms with Crippen molar-refractivity contribution in [2.75, 3.05) is 7.05 Å². The number of carbonyl (C=O) groups is 1. The Labute approximate surface area is 62.9 Å². The maximum Gasteiger partial charge on any atom is 0.210 e. The number of rotatable bonds is 3. The molecule has 1 atom stereocenters. The number of hydrogen-bond donors (Lipinski definition) is 1. The summed E-state index contributed by atoms with van der Waals surface area (Å²) in [4.78, 5) is 11.5. The molecule has 0 heterocycles. The van der Waals surface area contributed by atoms with Crippen LogP contribution >= 0.6 is 22.9 Å². The number of nitrogens with zero attached hydrogens (tertiary/aromatic N) is 1. The van der Waals surface area contributed by atoms with Gasteiger partial charge in [0.25, 0.3) is 0 Å². The van der Waals surface area contributed by atoms with Gasteiger partial charge < -0.3 is 4.90 Å². The van der Waals surface area contributed by atoms with Gasteiger partial charge in [-0.3, -0.25) is 4.79 Å². The molecule has 0 aliphatic rings. The first kappa shape index (κ1) is 8.16. The maximum atomic E-state index is 9.99. The van der Waals surface area contributed by atoms with E-state index in [0.29, 0.717) is 0 Å². The Hall–Kier alpha value is 0.160. The van der Waals surface area contributed by atoms with E-state index in [1.54, 1.807) is 11.9 Å². The Morgan fingerprint density at radius 3 is 2.50 bits per heavy atom. The van der Waals surface area contributed by atoms with Crippen molar-refractivity contribution in [2.24, 2.45) is 0 Å². The van der Waals surface area contributed by atoms with Crippen LogP contribution in [-0.4, -0.2) is 24.5 Å². The molecule has 0 bridgehead atoms. The lowest BCUT2D eigenvalue weighted by molar-refractivity contribution is -0.118. The summed E-state index contributed by atoms with van der Waals surface area (Å²) in [5, 5.41) is 0. The molecule has 4 heteroatoms. The topological polar surface area (TPSA) is 32.3 Å². The van der Waals surface area contributed by atoms with Gasteiger partial charge in [-0.25, -0.2) is 3.53 Å². The van der Waals surface area contributed by atoms with Crippen molar-refractivity contribution < 1.29 is 4.79 Å². The second-order valence-electron chi connectivity index (χ2n) is 1.56. The summed E-state index contributed by atoms with van der Waals surface area (Å²) >= 11 is 2.00. The summed E-state index contributed by atoms with van der Waals surface area (Å²) in [6.07, 6.45) is 0.907. The fraction of sp³-hybridized carbons (Fsp3) is 0.750. The second-order valence-corrected chi connectivity index (χ2v) is 2.18. The van der Waals surface area contributed by atoms with Gasteiger partial charge in [0.1, 0.15) is 0 Å². The Morgan fingerprint density at radius 1 is 1.88 bits per heavy atom. The third kappa shape index (κ3) is 2.46. The molecule has 0 aromatic heterocycles. The molecule has 0 saturated carbocycles. The summed E-state index contributed by atoms with van der Waals surface area (Å²) in [5.74, 6) is 0. The molecule has 0 aliphatic carbocycles. The first-order chi connectivity index (χ1) is 3.72. The quantitative estimate of drug-likeness (QED) is 0.327. The lowest BCUT2D eigenvalue weighted by atomic mass is 10.5. The van der Waals surface area contributed by atoms with Crippen molar-refractivity contribution >= 4 is 29.3 Å². The summed E-state index contributed by atoms with van der Waals surface area (Å²) in [5.41, 5.74) is 0. The van der Waals surface area contributed by atoms with Crippen LogP contribution < -0.4 is 3.53 Å². The fourth-order valence-corrected chi connectivity index (χ4v) is 0.608. The predicted molar refractivity (Wildman–Crippen MR) is 40.4 cm³/mol. The van der Waals surface area contributed by atoms with E-state index in [0.717, 1.165) is 6.41 Å². The predicted octanol–water partition coefficient (Wildman–Crippen LogP) is 0.360. The van der Waals surface area contributed by atoms with Gasteiger partial charge in [-0.2, -0.15) is 0 Å².